The third kappa shape index (κ3) is 53.4. The Kier molecular flexibility index (Phi) is 56.0. The normalized spacial score (nSPS) is 12.8. The summed E-state index contributed by atoms with van der Waals surface area (Å²) in [7, 11) is 0. The summed E-state index contributed by atoms with van der Waals surface area (Å²) < 4.78 is 5.41. The van der Waals surface area contributed by atoms with Crippen LogP contribution in [-0.2, 0) is 14.3 Å². The molecule has 0 aromatic heterocycles. The molecule has 1 amide bonds. The fourth-order valence-electron chi connectivity index (χ4n) is 9.30. The van der Waals surface area contributed by atoms with Gasteiger partial charge in [0.05, 0.1) is 25.4 Å². The van der Waals surface area contributed by atoms with Crippen LogP contribution >= 0.6 is 0 Å². The van der Waals surface area contributed by atoms with Crippen molar-refractivity contribution in [1.82, 2.24) is 5.32 Å². The van der Waals surface area contributed by atoms with Crippen molar-refractivity contribution >= 4 is 11.9 Å². The molecule has 0 aliphatic heterocycles. The first-order valence-electron chi connectivity index (χ1n) is 30.2. The molecule has 0 bridgehead atoms. The maximum atomic E-state index is 12.5. The van der Waals surface area contributed by atoms with E-state index in [-0.39, 0.29) is 18.5 Å². The summed E-state index contributed by atoms with van der Waals surface area (Å²) in [6, 6.07) is -0.545. The molecule has 0 aliphatic rings. The van der Waals surface area contributed by atoms with Gasteiger partial charge in [0, 0.05) is 12.8 Å². The molecule has 0 fully saturated rings. The van der Waals surface area contributed by atoms with E-state index in [9.17, 15) is 19.8 Å². The molecule has 68 heavy (non-hydrogen) atoms. The fourth-order valence-corrected chi connectivity index (χ4v) is 9.30. The number of esters is 1. The SMILES string of the molecule is CCCCCCCC/C=C\CCCCCCCC(=O)OCC/C=C\C/C=C\CCCCCCCCCCCCCCCCC(=O)NC(CO)C(O)CCCCCCCCCCCCCCCCC. The summed E-state index contributed by atoms with van der Waals surface area (Å²) in [6.07, 6.45) is 71.6. The van der Waals surface area contributed by atoms with Crippen LogP contribution in [0.25, 0.3) is 0 Å². The van der Waals surface area contributed by atoms with Gasteiger partial charge in [0.2, 0.25) is 5.91 Å². The summed E-state index contributed by atoms with van der Waals surface area (Å²) >= 11 is 0. The maximum absolute atomic E-state index is 12.5. The highest BCUT2D eigenvalue weighted by molar-refractivity contribution is 5.76. The minimum atomic E-state index is -0.668. The van der Waals surface area contributed by atoms with Crippen LogP contribution in [-0.4, -0.2) is 47.4 Å². The predicted octanol–water partition coefficient (Wildman–Crippen LogP) is 18.8. The highest BCUT2D eigenvalue weighted by Gasteiger charge is 2.20. The Bertz CT molecular complexity index is 1100. The average Bonchev–Trinajstić information content (AvgIpc) is 3.34. The molecule has 0 saturated carbocycles. The van der Waals surface area contributed by atoms with E-state index in [1.165, 1.54) is 238 Å². The zero-order valence-corrected chi connectivity index (χ0v) is 45.6. The first kappa shape index (κ1) is 66.1. The van der Waals surface area contributed by atoms with Crippen LogP contribution in [0.4, 0.5) is 0 Å². The zero-order valence-electron chi connectivity index (χ0n) is 45.6. The van der Waals surface area contributed by atoms with Gasteiger partial charge in [0.25, 0.3) is 0 Å². The number of aliphatic hydroxyl groups is 2. The predicted molar refractivity (Wildman–Crippen MR) is 296 cm³/mol. The molecule has 0 saturated heterocycles. The van der Waals surface area contributed by atoms with E-state index >= 15 is 0 Å². The number of allylic oxidation sites excluding steroid dienone is 5. The topological polar surface area (TPSA) is 95.9 Å². The summed E-state index contributed by atoms with van der Waals surface area (Å²) in [5.41, 5.74) is 0. The fraction of sp³-hybridized carbons (Fsp3) is 0.871. The number of unbranched alkanes of at least 4 members (excludes halogenated alkanes) is 39. The lowest BCUT2D eigenvalue weighted by molar-refractivity contribution is -0.143. The first-order valence-corrected chi connectivity index (χ1v) is 30.2. The van der Waals surface area contributed by atoms with Gasteiger partial charge in [0.1, 0.15) is 0 Å². The number of hydrogen-bond acceptors (Lipinski definition) is 5. The average molecular weight is 957 g/mol. The number of aliphatic hydroxyl groups excluding tert-OH is 2. The van der Waals surface area contributed by atoms with Crippen molar-refractivity contribution in [1.29, 1.82) is 0 Å². The van der Waals surface area contributed by atoms with Gasteiger partial charge in [-0.1, -0.05) is 275 Å². The molecule has 0 aromatic carbocycles. The Labute approximate surface area is 424 Å². The van der Waals surface area contributed by atoms with Crippen molar-refractivity contribution in [2.45, 2.75) is 334 Å². The van der Waals surface area contributed by atoms with Gasteiger partial charge >= 0.3 is 5.97 Å². The van der Waals surface area contributed by atoms with Gasteiger partial charge in [-0.25, -0.2) is 0 Å². The largest absolute Gasteiger partial charge is 0.465 e. The molecule has 0 spiro atoms. The van der Waals surface area contributed by atoms with E-state index in [4.69, 9.17) is 4.74 Å². The number of carbonyl (C=O) groups is 2. The Morgan fingerprint density at radius 3 is 1.13 bits per heavy atom. The molecule has 0 aliphatic carbocycles. The third-order valence-corrected chi connectivity index (χ3v) is 13.9. The summed E-state index contributed by atoms with van der Waals surface area (Å²) in [5, 5.41) is 23.3. The first-order chi connectivity index (χ1) is 33.5. The molecule has 6 nitrogen and oxygen atoms in total. The number of hydrogen-bond donors (Lipinski definition) is 3. The molecular weight excluding hydrogens is 839 g/mol. The number of rotatable bonds is 56. The van der Waals surface area contributed by atoms with Crippen molar-refractivity contribution in [3.05, 3.63) is 36.5 Å². The van der Waals surface area contributed by atoms with Crippen LogP contribution in [0.2, 0.25) is 0 Å². The van der Waals surface area contributed by atoms with E-state index < -0.39 is 12.1 Å². The molecular formula is C62H117NO5. The van der Waals surface area contributed by atoms with Gasteiger partial charge in [-0.05, 0) is 70.6 Å². The van der Waals surface area contributed by atoms with Gasteiger partial charge in [-0.3, -0.25) is 9.59 Å². The minimum Gasteiger partial charge on any atom is -0.465 e. The monoisotopic (exact) mass is 956 g/mol. The highest BCUT2D eigenvalue weighted by atomic mass is 16.5. The lowest BCUT2D eigenvalue weighted by Gasteiger charge is -2.22. The number of carbonyl (C=O) groups excluding carboxylic acids is 2. The Hall–Kier alpha value is -1.92. The van der Waals surface area contributed by atoms with Gasteiger partial charge < -0.3 is 20.3 Å². The molecule has 400 valence electrons. The van der Waals surface area contributed by atoms with E-state index in [1.54, 1.807) is 0 Å². The molecule has 0 aromatic rings. The minimum absolute atomic E-state index is 0.0387. The van der Waals surface area contributed by atoms with E-state index in [1.807, 2.05) is 0 Å². The molecule has 6 heteroatoms. The van der Waals surface area contributed by atoms with Gasteiger partial charge in [-0.15, -0.1) is 0 Å². The van der Waals surface area contributed by atoms with Crippen molar-refractivity contribution in [2.24, 2.45) is 0 Å². The summed E-state index contributed by atoms with van der Waals surface area (Å²) in [6.45, 7) is 4.85. The molecule has 0 rings (SSSR count). The van der Waals surface area contributed by atoms with Crippen LogP contribution < -0.4 is 5.32 Å². The van der Waals surface area contributed by atoms with E-state index in [2.05, 4.69) is 55.6 Å². The Balaban J connectivity index is 3.45. The number of nitrogens with one attached hydrogen (secondary N) is 1. The van der Waals surface area contributed by atoms with E-state index in [0.29, 0.717) is 25.9 Å². The van der Waals surface area contributed by atoms with Crippen molar-refractivity contribution in [3.8, 4) is 0 Å². The summed E-state index contributed by atoms with van der Waals surface area (Å²) in [5.74, 6) is -0.0817. The zero-order chi connectivity index (χ0) is 49.3. The third-order valence-electron chi connectivity index (χ3n) is 13.9. The second-order valence-electron chi connectivity index (χ2n) is 20.7. The Morgan fingerprint density at radius 1 is 0.412 bits per heavy atom. The number of ether oxygens (including phenoxy) is 1. The smallest absolute Gasteiger partial charge is 0.305 e. The van der Waals surface area contributed by atoms with Crippen LogP contribution in [0.5, 0.6) is 0 Å². The highest BCUT2D eigenvalue weighted by Crippen LogP contribution is 2.17. The molecule has 0 radical (unpaired) electrons. The lowest BCUT2D eigenvalue weighted by atomic mass is 10.0. The van der Waals surface area contributed by atoms with Crippen molar-refractivity contribution in [3.63, 3.8) is 0 Å². The van der Waals surface area contributed by atoms with Gasteiger partial charge in [0.15, 0.2) is 0 Å². The quantitative estimate of drug-likeness (QED) is 0.0321. The maximum Gasteiger partial charge on any atom is 0.305 e. The van der Waals surface area contributed by atoms with Crippen LogP contribution in [0, 0.1) is 0 Å². The molecule has 2 atom stereocenters. The second-order valence-corrected chi connectivity index (χ2v) is 20.7. The van der Waals surface area contributed by atoms with E-state index in [0.717, 1.165) is 51.4 Å². The second kappa shape index (κ2) is 57.7. The standard InChI is InChI=1S/C62H117NO5/c1-3-5-7-9-11-13-15-17-26-30-34-38-42-46-50-54-60(65)59(58-64)63-61(66)55-51-47-43-39-35-31-28-24-22-20-19-21-23-25-29-33-37-41-45-49-53-57-68-62(67)56-52-48-44-40-36-32-27-18-16-14-12-10-8-6-4-2/h18,27,33,37,45,49,59-60,64-65H,3-17,19-26,28-32,34-36,38-44,46-48,50-58H2,1-2H3,(H,63,66)/b27-18-,37-33-,49-45-. The molecule has 3 N–H and O–H groups in total. The molecule has 0 heterocycles. The lowest BCUT2D eigenvalue weighted by Crippen LogP contribution is -2.45. The van der Waals surface area contributed by atoms with Crippen molar-refractivity contribution < 1.29 is 24.5 Å². The number of amides is 1. The Morgan fingerprint density at radius 2 is 0.735 bits per heavy atom. The van der Waals surface area contributed by atoms with Crippen molar-refractivity contribution in [2.75, 3.05) is 13.2 Å². The molecule has 2 unspecified atom stereocenters. The van der Waals surface area contributed by atoms with Gasteiger partial charge in [-0.2, -0.15) is 0 Å². The van der Waals surface area contributed by atoms with Crippen LogP contribution in [0.3, 0.4) is 0 Å². The van der Waals surface area contributed by atoms with Crippen LogP contribution in [0.1, 0.15) is 322 Å². The van der Waals surface area contributed by atoms with Crippen LogP contribution in [0.15, 0.2) is 36.5 Å². The summed E-state index contributed by atoms with van der Waals surface area (Å²) in [4.78, 5) is 24.5.